The minimum absolute atomic E-state index is 0. The Kier molecular flexibility index (Phi) is 6.90. The van der Waals surface area contributed by atoms with E-state index in [1.807, 2.05) is 18.2 Å². The quantitative estimate of drug-likeness (QED) is 0.471. The summed E-state index contributed by atoms with van der Waals surface area (Å²) >= 11 is 0. The third-order valence-corrected chi connectivity index (χ3v) is 2.63. The van der Waals surface area contributed by atoms with Gasteiger partial charge in [0.25, 0.3) is 0 Å². The summed E-state index contributed by atoms with van der Waals surface area (Å²) in [5.41, 5.74) is 1.10. The maximum Gasteiger partial charge on any atom is 0.231 e. The maximum absolute atomic E-state index is 5.36. The smallest absolute Gasteiger partial charge is 0.231 e. The average molecular weight is 391 g/mol. The predicted molar refractivity (Wildman–Crippen MR) is 91.1 cm³/mol. The lowest BCUT2D eigenvalue weighted by Crippen LogP contribution is -2.40. The van der Waals surface area contributed by atoms with E-state index in [2.05, 4.69) is 36.4 Å². The number of nitrogens with one attached hydrogen (secondary N) is 2. The van der Waals surface area contributed by atoms with Crippen molar-refractivity contribution in [3.63, 3.8) is 0 Å². The number of rotatable bonds is 4. The molecule has 0 saturated heterocycles. The highest BCUT2D eigenvalue weighted by atomic mass is 127. The standard InChI is InChI=1S/C14H21N3O2.HI/c1-4-15-14(17-10(2)3)16-8-11-5-6-12-13(7-11)19-9-18-12;/h5-7,10H,4,8-9H2,1-3H3,(H2,15,16,17);1H. The van der Waals surface area contributed by atoms with E-state index in [1.54, 1.807) is 0 Å². The van der Waals surface area contributed by atoms with Gasteiger partial charge < -0.3 is 20.1 Å². The summed E-state index contributed by atoms with van der Waals surface area (Å²) in [5.74, 6) is 2.43. The molecule has 0 bridgehead atoms. The van der Waals surface area contributed by atoms with Crippen molar-refractivity contribution in [3.8, 4) is 11.5 Å². The monoisotopic (exact) mass is 391 g/mol. The SMILES string of the molecule is CCNC(=NCc1ccc2c(c1)OCO2)NC(C)C.I. The molecule has 2 N–H and O–H groups in total. The lowest BCUT2D eigenvalue weighted by molar-refractivity contribution is 0.174. The Labute approximate surface area is 137 Å². The molecule has 2 rings (SSSR count). The minimum atomic E-state index is 0. The van der Waals surface area contributed by atoms with Crippen LogP contribution < -0.4 is 20.1 Å². The summed E-state index contributed by atoms with van der Waals surface area (Å²) in [7, 11) is 0. The second kappa shape index (κ2) is 8.18. The van der Waals surface area contributed by atoms with E-state index in [9.17, 15) is 0 Å². The predicted octanol–water partition coefficient (Wildman–Crippen LogP) is 2.50. The first-order valence-electron chi connectivity index (χ1n) is 6.62. The Bertz CT molecular complexity index is 464. The van der Waals surface area contributed by atoms with Crippen molar-refractivity contribution in [1.29, 1.82) is 0 Å². The Morgan fingerprint density at radius 3 is 2.75 bits per heavy atom. The molecule has 1 aromatic carbocycles. The Balaban J connectivity index is 0.00000200. The zero-order valence-corrected chi connectivity index (χ0v) is 14.4. The zero-order chi connectivity index (χ0) is 13.7. The molecule has 112 valence electrons. The lowest BCUT2D eigenvalue weighted by Gasteiger charge is -2.13. The molecule has 0 amide bonds. The number of hydrogen-bond acceptors (Lipinski definition) is 3. The average Bonchev–Trinajstić information content (AvgIpc) is 2.83. The summed E-state index contributed by atoms with van der Waals surface area (Å²) in [6.07, 6.45) is 0. The van der Waals surface area contributed by atoms with Gasteiger partial charge in [-0.1, -0.05) is 6.07 Å². The van der Waals surface area contributed by atoms with Crippen molar-refractivity contribution in [3.05, 3.63) is 23.8 Å². The zero-order valence-electron chi connectivity index (χ0n) is 12.1. The Morgan fingerprint density at radius 2 is 2.05 bits per heavy atom. The highest BCUT2D eigenvalue weighted by Crippen LogP contribution is 2.32. The third kappa shape index (κ3) is 4.73. The van der Waals surface area contributed by atoms with Crippen molar-refractivity contribution >= 4 is 29.9 Å². The number of halogens is 1. The van der Waals surface area contributed by atoms with Crippen molar-refractivity contribution in [2.75, 3.05) is 13.3 Å². The van der Waals surface area contributed by atoms with Gasteiger partial charge in [0.1, 0.15) is 0 Å². The Hall–Kier alpha value is -1.18. The summed E-state index contributed by atoms with van der Waals surface area (Å²) in [6, 6.07) is 6.27. The lowest BCUT2D eigenvalue weighted by atomic mass is 10.2. The first-order valence-corrected chi connectivity index (χ1v) is 6.62. The summed E-state index contributed by atoms with van der Waals surface area (Å²) in [4.78, 5) is 4.55. The second-order valence-electron chi connectivity index (χ2n) is 4.68. The molecule has 1 aromatic rings. The van der Waals surface area contributed by atoms with E-state index in [1.165, 1.54) is 0 Å². The van der Waals surface area contributed by atoms with E-state index >= 15 is 0 Å². The van der Waals surface area contributed by atoms with Gasteiger partial charge in [0.2, 0.25) is 6.79 Å². The van der Waals surface area contributed by atoms with Crippen LogP contribution in [0.25, 0.3) is 0 Å². The molecule has 0 fully saturated rings. The van der Waals surface area contributed by atoms with E-state index in [0.717, 1.165) is 29.6 Å². The van der Waals surface area contributed by atoms with Crippen LogP contribution in [0.5, 0.6) is 11.5 Å². The van der Waals surface area contributed by atoms with E-state index in [4.69, 9.17) is 9.47 Å². The first kappa shape index (κ1) is 16.9. The molecule has 5 nitrogen and oxygen atoms in total. The number of hydrogen-bond donors (Lipinski definition) is 2. The van der Waals surface area contributed by atoms with Gasteiger partial charge in [0.05, 0.1) is 6.54 Å². The van der Waals surface area contributed by atoms with Gasteiger partial charge in [0.15, 0.2) is 17.5 Å². The number of nitrogens with zero attached hydrogens (tertiary/aromatic N) is 1. The number of benzene rings is 1. The van der Waals surface area contributed by atoms with Gasteiger partial charge in [-0.05, 0) is 38.5 Å². The molecule has 0 unspecified atom stereocenters. The van der Waals surface area contributed by atoms with Gasteiger partial charge in [-0.2, -0.15) is 0 Å². The fourth-order valence-corrected chi connectivity index (χ4v) is 1.80. The summed E-state index contributed by atoms with van der Waals surface area (Å²) in [5, 5.41) is 6.51. The van der Waals surface area contributed by atoms with Gasteiger partial charge in [0, 0.05) is 12.6 Å². The third-order valence-electron chi connectivity index (χ3n) is 2.63. The number of guanidine groups is 1. The van der Waals surface area contributed by atoms with Crippen LogP contribution in [0.2, 0.25) is 0 Å². The van der Waals surface area contributed by atoms with Crippen LogP contribution in [0.1, 0.15) is 26.3 Å². The van der Waals surface area contributed by atoms with Gasteiger partial charge in [-0.3, -0.25) is 0 Å². The molecule has 20 heavy (non-hydrogen) atoms. The molecule has 1 aliphatic rings. The molecule has 1 heterocycles. The van der Waals surface area contributed by atoms with Gasteiger partial charge in [-0.25, -0.2) is 4.99 Å². The van der Waals surface area contributed by atoms with Crippen molar-refractivity contribution in [2.45, 2.75) is 33.4 Å². The van der Waals surface area contributed by atoms with Gasteiger partial charge in [-0.15, -0.1) is 24.0 Å². The van der Waals surface area contributed by atoms with Crippen LogP contribution in [-0.4, -0.2) is 25.3 Å². The maximum atomic E-state index is 5.36. The highest BCUT2D eigenvalue weighted by molar-refractivity contribution is 14.0. The number of fused-ring (bicyclic) bond motifs is 1. The van der Waals surface area contributed by atoms with E-state index in [0.29, 0.717) is 19.4 Å². The largest absolute Gasteiger partial charge is 0.454 e. The second-order valence-corrected chi connectivity index (χ2v) is 4.68. The van der Waals surface area contributed by atoms with Crippen LogP contribution in [0.3, 0.4) is 0 Å². The summed E-state index contributed by atoms with van der Waals surface area (Å²) in [6.45, 7) is 8.00. The van der Waals surface area contributed by atoms with E-state index in [-0.39, 0.29) is 24.0 Å². The van der Waals surface area contributed by atoms with E-state index < -0.39 is 0 Å². The van der Waals surface area contributed by atoms with Crippen LogP contribution in [-0.2, 0) is 6.54 Å². The summed E-state index contributed by atoms with van der Waals surface area (Å²) < 4.78 is 10.6. The molecular weight excluding hydrogens is 369 g/mol. The van der Waals surface area contributed by atoms with Crippen LogP contribution in [0, 0.1) is 0 Å². The molecule has 0 aliphatic carbocycles. The Morgan fingerprint density at radius 1 is 1.30 bits per heavy atom. The highest BCUT2D eigenvalue weighted by Gasteiger charge is 2.12. The molecule has 0 atom stereocenters. The molecule has 0 spiro atoms. The van der Waals surface area contributed by atoms with Crippen LogP contribution in [0.4, 0.5) is 0 Å². The molecular formula is C14H22IN3O2. The molecule has 0 radical (unpaired) electrons. The molecule has 6 heteroatoms. The van der Waals surface area contributed by atoms with Crippen molar-refractivity contribution in [2.24, 2.45) is 4.99 Å². The topological polar surface area (TPSA) is 54.9 Å². The fraction of sp³-hybridized carbons (Fsp3) is 0.500. The van der Waals surface area contributed by atoms with Crippen molar-refractivity contribution < 1.29 is 9.47 Å². The number of ether oxygens (including phenoxy) is 2. The van der Waals surface area contributed by atoms with Gasteiger partial charge >= 0.3 is 0 Å². The normalized spacial score (nSPS) is 13.1. The molecule has 0 aromatic heterocycles. The number of aliphatic imine (C=N–C) groups is 1. The van der Waals surface area contributed by atoms with Crippen LogP contribution in [0.15, 0.2) is 23.2 Å². The minimum Gasteiger partial charge on any atom is -0.454 e. The van der Waals surface area contributed by atoms with Crippen LogP contribution >= 0.6 is 24.0 Å². The molecule has 0 saturated carbocycles. The van der Waals surface area contributed by atoms with Crippen molar-refractivity contribution in [1.82, 2.24) is 10.6 Å². The first-order chi connectivity index (χ1) is 9.19. The fourth-order valence-electron chi connectivity index (χ4n) is 1.80. The molecule has 1 aliphatic heterocycles.